The number of carboxylic acid groups (broad SMARTS) is 1. The number of nitrogens with one attached hydrogen (secondary N) is 2. The lowest BCUT2D eigenvalue weighted by Crippen LogP contribution is -2.37. The Morgan fingerprint density at radius 1 is 1.71 bits per heavy atom. The van der Waals surface area contributed by atoms with Crippen LogP contribution in [-0.2, 0) is 16.1 Å². The van der Waals surface area contributed by atoms with Crippen molar-refractivity contribution in [2.24, 2.45) is 0 Å². The van der Waals surface area contributed by atoms with E-state index in [4.69, 9.17) is 5.11 Å². The van der Waals surface area contributed by atoms with Gasteiger partial charge >= 0.3 is 5.97 Å². The molecule has 0 aliphatic carbocycles. The molecule has 1 amide bonds. The summed E-state index contributed by atoms with van der Waals surface area (Å²) in [5, 5.41) is 18.1. The number of carbonyl (C=O) groups is 2. The van der Waals surface area contributed by atoms with Crippen LogP contribution in [0.3, 0.4) is 0 Å². The third kappa shape index (κ3) is 3.21. The first-order chi connectivity index (χ1) is 8.15. The van der Waals surface area contributed by atoms with Gasteiger partial charge in [-0.15, -0.1) is 11.8 Å². The molecular weight excluding hydrogens is 244 g/mol. The molecule has 2 rings (SSSR count). The maximum absolute atomic E-state index is 11.7. The molecule has 1 aliphatic rings. The van der Waals surface area contributed by atoms with E-state index in [1.165, 1.54) is 17.1 Å². The number of nitrogens with zero attached hydrogens (tertiary/aromatic N) is 2. The van der Waals surface area contributed by atoms with Crippen molar-refractivity contribution in [2.45, 2.75) is 12.6 Å². The van der Waals surface area contributed by atoms with E-state index in [1.807, 2.05) is 0 Å². The molecule has 7 nitrogen and oxygen atoms in total. The topological polar surface area (TPSA) is 96.2 Å². The van der Waals surface area contributed by atoms with Crippen molar-refractivity contribution in [3.8, 4) is 0 Å². The highest BCUT2D eigenvalue weighted by atomic mass is 32.2. The maximum atomic E-state index is 11.7. The lowest BCUT2D eigenvalue weighted by molar-refractivity contribution is -0.137. The van der Waals surface area contributed by atoms with E-state index in [0.29, 0.717) is 5.69 Å². The summed E-state index contributed by atoms with van der Waals surface area (Å²) in [6, 6.07) is -0.192. The lowest BCUT2D eigenvalue weighted by Gasteiger charge is -2.08. The molecule has 0 bridgehead atoms. The third-order valence-electron chi connectivity index (χ3n) is 2.23. The van der Waals surface area contributed by atoms with E-state index < -0.39 is 5.97 Å². The van der Waals surface area contributed by atoms with Crippen LogP contribution in [0, 0.1) is 0 Å². The molecule has 0 saturated carbocycles. The van der Waals surface area contributed by atoms with Crippen molar-refractivity contribution in [3.63, 3.8) is 0 Å². The number of aliphatic carboxylic acids is 1. The molecule has 1 unspecified atom stereocenters. The zero-order valence-corrected chi connectivity index (χ0v) is 9.74. The number of aromatic nitrogens is 2. The van der Waals surface area contributed by atoms with E-state index >= 15 is 0 Å². The number of carboxylic acids is 1. The van der Waals surface area contributed by atoms with Gasteiger partial charge in [-0.1, -0.05) is 0 Å². The fourth-order valence-electron chi connectivity index (χ4n) is 1.45. The van der Waals surface area contributed by atoms with Gasteiger partial charge in [-0.05, 0) is 0 Å². The Morgan fingerprint density at radius 2 is 2.53 bits per heavy atom. The van der Waals surface area contributed by atoms with Crippen molar-refractivity contribution in [1.82, 2.24) is 15.1 Å². The van der Waals surface area contributed by atoms with Gasteiger partial charge in [-0.3, -0.25) is 19.6 Å². The fourth-order valence-corrected chi connectivity index (χ4v) is 2.39. The quantitative estimate of drug-likeness (QED) is 0.676. The lowest BCUT2D eigenvalue weighted by atomic mass is 10.3. The number of rotatable bonds is 4. The molecule has 1 aromatic heterocycles. The van der Waals surface area contributed by atoms with Gasteiger partial charge in [0, 0.05) is 17.8 Å². The largest absolute Gasteiger partial charge is 0.480 e. The van der Waals surface area contributed by atoms with Crippen LogP contribution >= 0.6 is 11.8 Å². The van der Waals surface area contributed by atoms with Gasteiger partial charge in [-0.25, -0.2) is 0 Å². The predicted octanol–water partition coefficient (Wildman–Crippen LogP) is -0.431. The molecule has 1 fully saturated rings. The molecule has 1 aliphatic heterocycles. The number of amides is 1. The highest BCUT2D eigenvalue weighted by Crippen LogP contribution is 2.12. The molecule has 8 heteroatoms. The molecule has 0 radical (unpaired) electrons. The highest BCUT2D eigenvalue weighted by molar-refractivity contribution is 7.99. The average Bonchev–Trinajstić information content (AvgIpc) is 2.87. The number of hydrogen-bond donors (Lipinski definition) is 3. The van der Waals surface area contributed by atoms with Gasteiger partial charge in [0.1, 0.15) is 6.54 Å². The van der Waals surface area contributed by atoms with Crippen molar-refractivity contribution in [2.75, 3.05) is 16.9 Å². The summed E-state index contributed by atoms with van der Waals surface area (Å²) in [5.74, 6) is 0.426. The molecule has 1 saturated heterocycles. The second-order valence-electron chi connectivity index (χ2n) is 3.58. The van der Waals surface area contributed by atoms with Crippen LogP contribution in [0.15, 0.2) is 12.4 Å². The maximum Gasteiger partial charge on any atom is 0.325 e. The van der Waals surface area contributed by atoms with Crippen LogP contribution in [-0.4, -0.2) is 44.4 Å². The fraction of sp³-hybridized carbons (Fsp3) is 0.444. The monoisotopic (exact) mass is 256 g/mol. The Balaban J connectivity index is 1.91. The summed E-state index contributed by atoms with van der Waals surface area (Å²) in [5.41, 5.74) is 0.509. The Bertz CT molecular complexity index is 428. The molecular formula is C9H12N4O3S. The zero-order valence-electron chi connectivity index (χ0n) is 8.92. The molecule has 1 atom stereocenters. The van der Waals surface area contributed by atoms with E-state index in [1.54, 1.807) is 11.8 Å². The van der Waals surface area contributed by atoms with E-state index in [0.717, 1.165) is 11.6 Å². The molecule has 3 N–H and O–H groups in total. The van der Waals surface area contributed by atoms with Gasteiger partial charge in [0.05, 0.1) is 17.9 Å². The van der Waals surface area contributed by atoms with Crippen LogP contribution in [0.5, 0.6) is 0 Å². The second-order valence-corrected chi connectivity index (χ2v) is 4.61. The third-order valence-corrected chi connectivity index (χ3v) is 3.17. The van der Waals surface area contributed by atoms with Gasteiger partial charge < -0.3 is 10.4 Å². The van der Waals surface area contributed by atoms with Crippen molar-refractivity contribution in [1.29, 1.82) is 0 Å². The van der Waals surface area contributed by atoms with Crippen LogP contribution in [0.2, 0.25) is 0 Å². The standard InChI is InChI=1S/C9H12N4O3S/c14-8(15)3-13-2-6(1-11-13)12-9(16)7-4-17-5-10-7/h1-2,7,10H,3-5H2,(H,12,16)(H,14,15). The summed E-state index contributed by atoms with van der Waals surface area (Å²) in [6.45, 7) is -0.215. The minimum atomic E-state index is -0.972. The SMILES string of the molecule is O=C(O)Cn1cc(NC(=O)C2CSCN2)cn1. The van der Waals surface area contributed by atoms with Crippen LogP contribution < -0.4 is 10.6 Å². The van der Waals surface area contributed by atoms with Crippen molar-refractivity contribution < 1.29 is 14.7 Å². The van der Waals surface area contributed by atoms with Crippen LogP contribution in [0.4, 0.5) is 5.69 Å². The Labute approximate surface area is 102 Å². The van der Waals surface area contributed by atoms with Crippen molar-refractivity contribution >= 4 is 29.3 Å². The molecule has 0 aromatic carbocycles. The summed E-state index contributed by atoms with van der Waals surface area (Å²) in [7, 11) is 0. The molecule has 2 heterocycles. The smallest absolute Gasteiger partial charge is 0.325 e. The first-order valence-electron chi connectivity index (χ1n) is 5.01. The van der Waals surface area contributed by atoms with Gasteiger partial charge in [0.25, 0.3) is 0 Å². The minimum Gasteiger partial charge on any atom is -0.480 e. The average molecular weight is 256 g/mol. The summed E-state index contributed by atoms with van der Waals surface area (Å²) >= 11 is 1.66. The highest BCUT2D eigenvalue weighted by Gasteiger charge is 2.22. The summed E-state index contributed by atoms with van der Waals surface area (Å²) in [4.78, 5) is 22.2. The summed E-state index contributed by atoms with van der Waals surface area (Å²) < 4.78 is 1.26. The molecule has 1 aromatic rings. The first-order valence-corrected chi connectivity index (χ1v) is 6.17. The Hall–Kier alpha value is -1.54. The normalized spacial score (nSPS) is 19.2. The number of carbonyl (C=O) groups excluding carboxylic acids is 1. The number of thioether (sulfide) groups is 1. The molecule has 17 heavy (non-hydrogen) atoms. The first kappa shape index (κ1) is 11.9. The van der Waals surface area contributed by atoms with Gasteiger partial charge in [0.2, 0.25) is 5.91 Å². The molecule has 92 valence electrons. The molecule has 0 spiro atoms. The Morgan fingerprint density at radius 3 is 3.18 bits per heavy atom. The van der Waals surface area contributed by atoms with Crippen LogP contribution in [0.25, 0.3) is 0 Å². The van der Waals surface area contributed by atoms with Crippen molar-refractivity contribution in [3.05, 3.63) is 12.4 Å². The number of hydrogen-bond acceptors (Lipinski definition) is 5. The van der Waals surface area contributed by atoms with E-state index in [-0.39, 0.29) is 18.5 Å². The summed E-state index contributed by atoms with van der Waals surface area (Å²) in [6.07, 6.45) is 2.93. The zero-order chi connectivity index (χ0) is 12.3. The van der Waals surface area contributed by atoms with E-state index in [2.05, 4.69) is 15.7 Å². The Kier molecular flexibility index (Phi) is 3.64. The van der Waals surface area contributed by atoms with E-state index in [9.17, 15) is 9.59 Å². The second kappa shape index (κ2) is 5.19. The van der Waals surface area contributed by atoms with Gasteiger partial charge in [-0.2, -0.15) is 5.10 Å². The minimum absolute atomic E-state index is 0.120. The van der Waals surface area contributed by atoms with Crippen LogP contribution in [0.1, 0.15) is 0 Å². The van der Waals surface area contributed by atoms with Gasteiger partial charge in [0.15, 0.2) is 0 Å². The predicted molar refractivity (Wildman–Crippen MR) is 62.7 cm³/mol. The number of anilines is 1.